The summed E-state index contributed by atoms with van der Waals surface area (Å²) >= 11 is 0. The molecule has 3 aromatic heterocycles. The molecule has 1 aliphatic rings. The van der Waals surface area contributed by atoms with Gasteiger partial charge in [0.15, 0.2) is 11.6 Å². The molecule has 0 spiro atoms. The van der Waals surface area contributed by atoms with E-state index in [-0.39, 0.29) is 23.2 Å². The van der Waals surface area contributed by atoms with E-state index in [1.807, 2.05) is 43.7 Å². The largest absolute Gasteiger partial charge is 0.326 e. The smallest absolute Gasteiger partial charge is 0.229 e. The first kappa shape index (κ1) is 23.3. The second-order valence-electron chi connectivity index (χ2n) is 9.48. The van der Waals surface area contributed by atoms with Crippen LogP contribution in [0.15, 0.2) is 36.7 Å². The Morgan fingerprint density at radius 2 is 1.89 bits per heavy atom. The zero-order chi connectivity index (χ0) is 24.7. The molecule has 35 heavy (non-hydrogen) atoms. The summed E-state index contributed by atoms with van der Waals surface area (Å²) in [6, 6.07) is 6.97. The van der Waals surface area contributed by atoms with Gasteiger partial charge in [0.05, 0.1) is 11.7 Å². The summed E-state index contributed by atoms with van der Waals surface area (Å²) in [7, 11) is 0. The molecule has 2 atom stereocenters. The minimum absolute atomic E-state index is 0.0106. The summed E-state index contributed by atoms with van der Waals surface area (Å²) in [5.41, 5.74) is 2.37. The van der Waals surface area contributed by atoms with Crippen LogP contribution in [0.2, 0.25) is 0 Å². The van der Waals surface area contributed by atoms with Crippen LogP contribution in [0.1, 0.15) is 50.5 Å². The van der Waals surface area contributed by atoms with E-state index in [0.29, 0.717) is 34.6 Å². The van der Waals surface area contributed by atoms with E-state index in [9.17, 15) is 8.78 Å². The summed E-state index contributed by atoms with van der Waals surface area (Å²) in [6.45, 7) is 10.1. The van der Waals surface area contributed by atoms with Crippen LogP contribution < -0.4 is 10.6 Å². The Hall–Kier alpha value is -3.46. The van der Waals surface area contributed by atoms with Gasteiger partial charge in [-0.3, -0.25) is 0 Å². The molecule has 4 aromatic rings. The van der Waals surface area contributed by atoms with Gasteiger partial charge in [-0.2, -0.15) is 0 Å². The monoisotopic (exact) mass is 477 g/mol. The van der Waals surface area contributed by atoms with E-state index >= 15 is 0 Å². The highest BCUT2D eigenvalue weighted by Crippen LogP contribution is 2.31. The normalized spacial score (nSPS) is 16.8. The van der Waals surface area contributed by atoms with Gasteiger partial charge >= 0.3 is 0 Å². The molecule has 5 rings (SSSR count). The molecule has 1 aromatic carbocycles. The topological polar surface area (TPSA) is 80.6 Å². The SMILES string of the molecule is Cc1nc2c(F)cc(-c3nc(Nc4ccc([C@H](C)[C@@H]5CCNC5)cn4)ncc3F)cc2n1C(C)C. The second kappa shape index (κ2) is 9.30. The van der Waals surface area contributed by atoms with E-state index in [1.165, 1.54) is 11.6 Å². The molecule has 0 aliphatic carbocycles. The van der Waals surface area contributed by atoms with Gasteiger partial charge in [-0.25, -0.2) is 28.7 Å². The summed E-state index contributed by atoms with van der Waals surface area (Å²) in [6.07, 6.45) is 4.10. The minimum atomic E-state index is -0.635. The third kappa shape index (κ3) is 4.48. The molecule has 7 nitrogen and oxygen atoms in total. The van der Waals surface area contributed by atoms with E-state index in [0.717, 1.165) is 25.7 Å². The van der Waals surface area contributed by atoms with Crippen molar-refractivity contribution in [1.82, 2.24) is 29.8 Å². The van der Waals surface area contributed by atoms with Crippen LogP contribution in [0.5, 0.6) is 0 Å². The van der Waals surface area contributed by atoms with Gasteiger partial charge in [-0.05, 0) is 75.9 Å². The Kier molecular flexibility index (Phi) is 6.19. The number of hydrogen-bond donors (Lipinski definition) is 2. The van der Waals surface area contributed by atoms with E-state index in [4.69, 9.17) is 0 Å². The van der Waals surface area contributed by atoms with Gasteiger partial charge in [0.1, 0.15) is 22.9 Å². The van der Waals surface area contributed by atoms with Crippen molar-refractivity contribution in [2.75, 3.05) is 18.4 Å². The number of nitrogens with zero attached hydrogens (tertiary/aromatic N) is 5. The molecule has 0 saturated carbocycles. The highest BCUT2D eigenvalue weighted by atomic mass is 19.1. The average Bonchev–Trinajstić information content (AvgIpc) is 3.48. The van der Waals surface area contributed by atoms with Crippen molar-refractivity contribution >= 4 is 22.8 Å². The van der Waals surface area contributed by atoms with Crippen LogP contribution in [0, 0.1) is 24.5 Å². The van der Waals surface area contributed by atoms with Crippen molar-refractivity contribution < 1.29 is 8.78 Å². The lowest BCUT2D eigenvalue weighted by molar-refractivity contribution is 0.486. The Balaban J connectivity index is 1.43. The van der Waals surface area contributed by atoms with Crippen molar-refractivity contribution in [2.45, 2.75) is 46.1 Å². The van der Waals surface area contributed by atoms with Gasteiger partial charge in [-0.15, -0.1) is 0 Å². The summed E-state index contributed by atoms with van der Waals surface area (Å²) in [5.74, 6) is 1.30. The molecule has 0 bridgehead atoms. The lowest BCUT2D eigenvalue weighted by Crippen LogP contribution is -2.14. The number of anilines is 2. The maximum absolute atomic E-state index is 14.9. The predicted molar refractivity (Wildman–Crippen MR) is 133 cm³/mol. The van der Waals surface area contributed by atoms with Crippen LogP contribution in [0.3, 0.4) is 0 Å². The Morgan fingerprint density at radius 1 is 1.06 bits per heavy atom. The predicted octanol–water partition coefficient (Wildman–Crippen LogP) is 5.51. The van der Waals surface area contributed by atoms with Gasteiger partial charge in [-0.1, -0.05) is 13.0 Å². The highest BCUT2D eigenvalue weighted by Gasteiger charge is 2.23. The fourth-order valence-electron chi connectivity index (χ4n) is 4.93. The first-order valence-corrected chi connectivity index (χ1v) is 12.0. The lowest BCUT2D eigenvalue weighted by atomic mass is 9.88. The summed E-state index contributed by atoms with van der Waals surface area (Å²) in [4.78, 5) is 17.3. The number of imidazole rings is 1. The highest BCUT2D eigenvalue weighted by molar-refractivity contribution is 5.83. The van der Waals surface area contributed by atoms with Gasteiger partial charge < -0.3 is 15.2 Å². The van der Waals surface area contributed by atoms with Crippen LogP contribution in [0.4, 0.5) is 20.5 Å². The lowest BCUT2D eigenvalue weighted by Gasteiger charge is -2.18. The molecule has 182 valence electrons. The van der Waals surface area contributed by atoms with Crippen LogP contribution in [0.25, 0.3) is 22.3 Å². The van der Waals surface area contributed by atoms with E-state index in [1.54, 1.807) is 6.07 Å². The maximum Gasteiger partial charge on any atom is 0.229 e. The van der Waals surface area contributed by atoms with Crippen molar-refractivity contribution in [3.63, 3.8) is 0 Å². The quantitative estimate of drug-likeness (QED) is 0.381. The molecule has 0 unspecified atom stereocenters. The van der Waals surface area contributed by atoms with Gasteiger partial charge in [0.2, 0.25) is 5.95 Å². The third-order valence-corrected chi connectivity index (χ3v) is 6.82. The third-order valence-electron chi connectivity index (χ3n) is 6.82. The summed E-state index contributed by atoms with van der Waals surface area (Å²) in [5, 5.41) is 6.44. The van der Waals surface area contributed by atoms with E-state index < -0.39 is 11.6 Å². The molecule has 1 saturated heterocycles. The molecule has 1 aliphatic heterocycles. The zero-order valence-electron chi connectivity index (χ0n) is 20.3. The van der Waals surface area contributed by atoms with Gasteiger partial charge in [0, 0.05) is 17.8 Å². The van der Waals surface area contributed by atoms with Crippen molar-refractivity contribution in [3.05, 3.63) is 59.7 Å². The standard InChI is InChI=1S/C26H29F2N7/c1-14(2)35-16(4)32-25-20(27)9-19(10-22(25)35)24-21(28)13-31-26(34-24)33-23-6-5-17(12-30-23)15(3)18-7-8-29-11-18/h5-6,9-10,12-15,18,29H,7-8,11H2,1-4H3,(H,30,31,33,34)/t15-,18+/m0/s1. The molecule has 0 amide bonds. The molecule has 9 heteroatoms. The first-order valence-electron chi connectivity index (χ1n) is 12.0. The molecular formula is C26H29F2N7. The number of rotatable bonds is 6. The zero-order valence-corrected chi connectivity index (χ0v) is 20.3. The van der Waals surface area contributed by atoms with Crippen LogP contribution >= 0.6 is 0 Å². The van der Waals surface area contributed by atoms with Crippen LogP contribution in [-0.4, -0.2) is 37.6 Å². The number of aromatic nitrogens is 5. The Morgan fingerprint density at radius 3 is 2.57 bits per heavy atom. The molecular weight excluding hydrogens is 448 g/mol. The van der Waals surface area contributed by atoms with Crippen LogP contribution in [-0.2, 0) is 0 Å². The average molecular weight is 478 g/mol. The fourth-order valence-corrected chi connectivity index (χ4v) is 4.93. The number of halogens is 2. The molecule has 0 radical (unpaired) electrons. The van der Waals surface area contributed by atoms with Crippen molar-refractivity contribution in [2.24, 2.45) is 5.92 Å². The fraction of sp³-hybridized carbons (Fsp3) is 0.385. The van der Waals surface area contributed by atoms with E-state index in [2.05, 4.69) is 37.5 Å². The number of nitrogens with one attached hydrogen (secondary N) is 2. The number of pyridine rings is 1. The maximum atomic E-state index is 14.9. The molecule has 1 fully saturated rings. The summed E-state index contributed by atoms with van der Waals surface area (Å²) < 4.78 is 31.6. The number of hydrogen-bond acceptors (Lipinski definition) is 6. The number of benzene rings is 1. The van der Waals surface area contributed by atoms with Crippen molar-refractivity contribution in [3.8, 4) is 11.3 Å². The Labute approximate surface area is 203 Å². The Bertz CT molecular complexity index is 1360. The van der Waals surface area contributed by atoms with Crippen molar-refractivity contribution in [1.29, 1.82) is 0 Å². The molecule has 4 heterocycles. The number of fused-ring (bicyclic) bond motifs is 1. The second-order valence-corrected chi connectivity index (χ2v) is 9.48. The molecule has 2 N–H and O–H groups in total. The van der Waals surface area contributed by atoms with Gasteiger partial charge in [0.25, 0.3) is 0 Å². The number of aryl methyl sites for hydroxylation is 1. The first-order chi connectivity index (χ1) is 16.8. The minimum Gasteiger partial charge on any atom is -0.326 e.